The van der Waals surface area contributed by atoms with Gasteiger partial charge in [-0.25, -0.2) is 9.18 Å². The Morgan fingerprint density at radius 3 is 2.50 bits per heavy atom. The smallest absolute Gasteiger partial charge is 0.321 e. The van der Waals surface area contributed by atoms with Crippen LogP contribution in [0.1, 0.15) is 12.5 Å². The lowest BCUT2D eigenvalue weighted by atomic mass is 10.1. The van der Waals surface area contributed by atoms with Gasteiger partial charge in [-0.15, -0.1) is 11.6 Å². The highest BCUT2D eigenvalue weighted by molar-refractivity contribution is 6.31. The van der Waals surface area contributed by atoms with Crippen molar-refractivity contribution in [3.8, 4) is 0 Å². The molecule has 0 bridgehead atoms. The van der Waals surface area contributed by atoms with E-state index in [1.54, 1.807) is 12.1 Å². The number of hydrogen-bond acceptors (Lipinski definition) is 2. The molecule has 1 aromatic rings. The van der Waals surface area contributed by atoms with Crippen LogP contribution < -0.4 is 10.6 Å². The van der Waals surface area contributed by atoms with Gasteiger partial charge >= 0.3 is 6.03 Å². The summed E-state index contributed by atoms with van der Waals surface area (Å²) in [7, 11) is 0. The molecule has 0 fully saturated rings. The highest BCUT2D eigenvalue weighted by Crippen LogP contribution is 2.02. The fourth-order valence-electron chi connectivity index (χ4n) is 1.23. The molecule has 0 heterocycles. The standard InChI is InChI=1S/C12H14ClFN2O2/c1-8(13)11(17)16-12(18)15-7-6-9-2-4-10(14)5-3-9/h2-5,8H,6-7H2,1H3,(H2,15,16,17,18). The van der Waals surface area contributed by atoms with Gasteiger partial charge in [-0.05, 0) is 31.0 Å². The molecule has 0 aliphatic carbocycles. The van der Waals surface area contributed by atoms with E-state index >= 15 is 0 Å². The maximum Gasteiger partial charge on any atom is 0.321 e. The van der Waals surface area contributed by atoms with Crippen LogP contribution in [0.3, 0.4) is 0 Å². The van der Waals surface area contributed by atoms with Gasteiger partial charge in [0.15, 0.2) is 0 Å². The SMILES string of the molecule is CC(Cl)C(=O)NC(=O)NCCc1ccc(F)cc1. The third-order valence-corrected chi connectivity index (χ3v) is 2.41. The Balaban J connectivity index is 2.27. The third-order valence-electron chi connectivity index (χ3n) is 2.21. The average molecular weight is 273 g/mol. The Morgan fingerprint density at radius 1 is 1.33 bits per heavy atom. The van der Waals surface area contributed by atoms with E-state index in [1.807, 2.05) is 0 Å². The largest absolute Gasteiger partial charge is 0.337 e. The summed E-state index contributed by atoms with van der Waals surface area (Å²) in [4.78, 5) is 22.3. The van der Waals surface area contributed by atoms with Crippen molar-refractivity contribution in [3.63, 3.8) is 0 Å². The van der Waals surface area contributed by atoms with Crippen LogP contribution >= 0.6 is 11.6 Å². The summed E-state index contributed by atoms with van der Waals surface area (Å²) in [6.45, 7) is 1.82. The molecule has 1 aromatic carbocycles. The van der Waals surface area contributed by atoms with Crippen LogP contribution in [-0.4, -0.2) is 23.9 Å². The molecule has 3 amide bonds. The molecule has 0 saturated heterocycles. The first-order valence-corrected chi connectivity index (χ1v) is 5.90. The average Bonchev–Trinajstić information content (AvgIpc) is 2.31. The normalized spacial score (nSPS) is 11.7. The Hall–Kier alpha value is -1.62. The van der Waals surface area contributed by atoms with E-state index in [0.29, 0.717) is 13.0 Å². The number of rotatable bonds is 4. The van der Waals surface area contributed by atoms with Crippen LogP contribution in [-0.2, 0) is 11.2 Å². The maximum absolute atomic E-state index is 12.6. The van der Waals surface area contributed by atoms with Crippen molar-refractivity contribution in [3.05, 3.63) is 35.6 Å². The van der Waals surface area contributed by atoms with E-state index in [4.69, 9.17) is 11.6 Å². The van der Waals surface area contributed by atoms with Crippen molar-refractivity contribution in [2.24, 2.45) is 0 Å². The van der Waals surface area contributed by atoms with Gasteiger partial charge in [-0.2, -0.15) is 0 Å². The van der Waals surface area contributed by atoms with Gasteiger partial charge in [-0.3, -0.25) is 10.1 Å². The van der Waals surface area contributed by atoms with Crippen LogP contribution in [0.5, 0.6) is 0 Å². The van der Waals surface area contributed by atoms with Crippen LogP contribution in [0.15, 0.2) is 24.3 Å². The second-order valence-electron chi connectivity index (χ2n) is 3.74. The molecular formula is C12H14ClFN2O2. The lowest BCUT2D eigenvalue weighted by Gasteiger charge is -2.07. The zero-order valence-electron chi connectivity index (χ0n) is 9.87. The van der Waals surface area contributed by atoms with E-state index in [1.165, 1.54) is 19.1 Å². The molecular weight excluding hydrogens is 259 g/mol. The van der Waals surface area contributed by atoms with E-state index in [0.717, 1.165) is 5.56 Å². The lowest BCUT2D eigenvalue weighted by Crippen LogP contribution is -2.42. The number of amides is 3. The number of halogens is 2. The van der Waals surface area contributed by atoms with Crippen LogP contribution in [0, 0.1) is 5.82 Å². The molecule has 0 spiro atoms. The number of urea groups is 1. The molecule has 1 atom stereocenters. The Labute approximate surface area is 110 Å². The zero-order valence-corrected chi connectivity index (χ0v) is 10.6. The summed E-state index contributed by atoms with van der Waals surface area (Å²) in [5, 5.41) is 3.85. The minimum absolute atomic E-state index is 0.300. The highest BCUT2D eigenvalue weighted by atomic mass is 35.5. The van der Waals surface area contributed by atoms with E-state index in [-0.39, 0.29) is 5.82 Å². The molecule has 98 valence electrons. The molecule has 0 aromatic heterocycles. The third kappa shape index (κ3) is 5.14. The summed E-state index contributed by atoms with van der Waals surface area (Å²) in [6, 6.07) is 5.40. The maximum atomic E-state index is 12.6. The topological polar surface area (TPSA) is 58.2 Å². The summed E-state index contributed by atoms with van der Waals surface area (Å²) in [6.07, 6.45) is 0.554. The van der Waals surface area contributed by atoms with Crippen molar-refractivity contribution in [1.82, 2.24) is 10.6 Å². The number of nitrogens with one attached hydrogen (secondary N) is 2. The van der Waals surface area contributed by atoms with Crippen LogP contribution in [0.2, 0.25) is 0 Å². The Kier molecular flexibility index (Phi) is 5.58. The molecule has 6 heteroatoms. The van der Waals surface area contributed by atoms with Crippen molar-refractivity contribution in [1.29, 1.82) is 0 Å². The zero-order chi connectivity index (χ0) is 13.5. The van der Waals surface area contributed by atoms with Gasteiger partial charge in [-0.1, -0.05) is 12.1 Å². The first-order valence-electron chi connectivity index (χ1n) is 5.46. The van der Waals surface area contributed by atoms with Gasteiger partial charge < -0.3 is 5.32 Å². The monoisotopic (exact) mass is 272 g/mol. The summed E-state index contributed by atoms with van der Waals surface area (Å²) < 4.78 is 12.6. The lowest BCUT2D eigenvalue weighted by molar-refractivity contribution is -0.119. The first-order chi connectivity index (χ1) is 8.49. The molecule has 18 heavy (non-hydrogen) atoms. The van der Waals surface area contributed by atoms with Crippen molar-refractivity contribution >= 4 is 23.5 Å². The predicted octanol–water partition coefficient (Wildman–Crippen LogP) is 1.82. The predicted molar refractivity (Wildman–Crippen MR) is 67.0 cm³/mol. The first kappa shape index (κ1) is 14.4. The Morgan fingerprint density at radius 2 is 1.94 bits per heavy atom. The van der Waals surface area contributed by atoms with Gasteiger partial charge in [0, 0.05) is 6.54 Å². The van der Waals surface area contributed by atoms with E-state index in [2.05, 4.69) is 10.6 Å². The number of benzene rings is 1. The minimum atomic E-state index is -0.757. The molecule has 0 aliphatic heterocycles. The van der Waals surface area contributed by atoms with Gasteiger partial charge in [0.1, 0.15) is 11.2 Å². The molecule has 1 unspecified atom stereocenters. The molecule has 1 rings (SSSR count). The fraction of sp³-hybridized carbons (Fsp3) is 0.333. The van der Waals surface area contributed by atoms with E-state index in [9.17, 15) is 14.0 Å². The van der Waals surface area contributed by atoms with Crippen LogP contribution in [0.4, 0.5) is 9.18 Å². The van der Waals surface area contributed by atoms with Gasteiger partial charge in [0.05, 0.1) is 0 Å². The number of imide groups is 1. The number of alkyl halides is 1. The number of carbonyl (C=O) groups is 2. The highest BCUT2D eigenvalue weighted by Gasteiger charge is 2.12. The quantitative estimate of drug-likeness (QED) is 0.822. The van der Waals surface area contributed by atoms with Crippen molar-refractivity contribution in [2.75, 3.05) is 6.54 Å². The summed E-state index contributed by atoms with van der Waals surface area (Å²) in [5.74, 6) is -0.845. The van der Waals surface area contributed by atoms with E-state index < -0.39 is 17.3 Å². The second-order valence-corrected chi connectivity index (χ2v) is 4.39. The summed E-state index contributed by atoms with van der Waals surface area (Å²) >= 11 is 5.49. The molecule has 0 aliphatic rings. The van der Waals surface area contributed by atoms with Crippen molar-refractivity contribution < 1.29 is 14.0 Å². The second kappa shape index (κ2) is 6.96. The minimum Gasteiger partial charge on any atom is -0.337 e. The molecule has 4 nitrogen and oxygen atoms in total. The van der Waals surface area contributed by atoms with Crippen molar-refractivity contribution in [2.45, 2.75) is 18.7 Å². The molecule has 2 N–H and O–H groups in total. The molecule has 0 radical (unpaired) electrons. The molecule has 0 saturated carbocycles. The Bertz CT molecular complexity index is 421. The fourth-order valence-corrected chi connectivity index (χ4v) is 1.28. The summed E-state index contributed by atoms with van der Waals surface area (Å²) in [5.41, 5.74) is 0.897. The van der Waals surface area contributed by atoms with Gasteiger partial charge in [0.25, 0.3) is 0 Å². The number of hydrogen-bond donors (Lipinski definition) is 2. The van der Waals surface area contributed by atoms with Crippen LogP contribution in [0.25, 0.3) is 0 Å². The van der Waals surface area contributed by atoms with Gasteiger partial charge in [0.2, 0.25) is 5.91 Å². The number of carbonyl (C=O) groups excluding carboxylic acids is 2.